The van der Waals surface area contributed by atoms with Crippen LogP contribution in [0.3, 0.4) is 0 Å². The standard InChI is InChI=1S/C14H20S/c1-2-3-6-13-8-10-14(11-9-13)7-4-5-12-15/h4,7-11,15H,2-3,5-6,12H2,1H3. The fourth-order valence-electron chi connectivity index (χ4n) is 1.47. The van der Waals surface area contributed by atoms with Crippen LogP contribution in [0, 0.1) is 0 Å². The molecule has 0 aliphatic rings. The van der Waals surface area contributed by atoms with E-state index in [0.29, 0.717) is 0 Å². The molecule has 0 fully saturated rings. The van der Waals surface area contributed by atoms with Crippen LogP contribution >= 0.6 is 12.6 Å². The highest BCUT2D eigenvalue weighted by Gasteiger charge is 1.91. The van der Waals surface area contributed by atoms with Gasteiger partial charge in [-0.2, -0.15) is 12.6 Å². The third kappa shape index (κ3) is 5.08. The monoisotopic (exact) mass is 220 g/mol. The molecule has 0 heterocycles. The average molecular weight is 220 g/mol. The molecule has 0 amide bonds. The van der Waals surface area contributed by atoms with Crippen LogP contribution in [-0.2, 0) is 6.42 Å². The predicted molar refractivity (Wildman–Crippen MR) is 72.6 cm³/mol. The van der Waals surface area contributed by atoms with E-state index in [1.165, 1.54) is 30.4 Å². The Kier molecular flexibility index (Phi) is 6.26. The summed E-state index contributed by atoms with van der Waals surface area (Å²) in [6, 6.07) is 8.85. The van der Waals surface area contributed by atoms with Crippen molar-refractivity contribution in [1.82, 2.24) is 0 Å². The zero-order valence-electron chi connectivity index (χ0n) is 9.45. The van der Waals surface area contributed by atoms with Crippen LogP contribution in [-0.4, -0.2) is 5.75 Å². The first-order chi connectivity index (χ1) is 7.36. The highest BCUT2D eigenvalue weighted by atomic mass is 32.1. The van der Waals surface area contributed by atoms with Crippen LogP contribution in [0.15, 0.2) is 30.3 Å². The number of thiol groups is 1. The van der Waals surface area contributed by atoms with Gasteiger partial charge in [0.25, 0.3) is 0 Å². The summed E-state index contributed by atoms with van der Waals surface area (Å²) in [6.45, 7) is 2.23. The molecule has 15 heavy (non-hydrogen) atoms. The molecule has 1 rings (SSSR count). The van der Waals surface area contributed by atoms with Gasteiger partial charge in [0.05, 0.1) is 0 Å². The smallest absolute Gasteiger partial charge is 0.00632 e. The molecule has 0 atom stereocenters. The number of allylic oxidation sites excluding steroid dienone is 1. The maximum atomic E-state index is 4.17. The Hall–Kier alpha value is -0.690. The molecule has 0 aromatic heterocycles. The van der Waals surface area contributed by atoms with Crippen LogP contribution in [0.2, 0.25) is 0 Å². The van der Waals surface area contributed by atoms with Gasteiger partial charge in [-0.3, -0.25) is 0 Å². The lowest BCUT2D eigenvalue weighted by Gasteiger charge is -2.00. The van der Waals surface area contributed by atoms with Crippen LogP contribution in [0.5, 0.6) is 0 Å². The van der Waals surface area contributed by atoms with E-state index in [-0.39, 0.29) is 0 Å². The molecule has 1 aromatic rings. The van der Waals surface area contributed by atoms with Crippen molar-refractivity contribution in [2.24, 2.45) is 0 Å². The molecule has 0 nitrogen and oxygen atoms in total. The van der Waals surface area contributed by atoms with Crippen molar-refractivity contribution in [3.8, 4) is 0 Å². The zero-order valence-corrected chi connectivity index (χ0v) is 10.3. The molecule has 82 valence electrons. The number of unbranched alkanes of at least 4 members (excludes halogenated alkanes) is 1. The lowest BCUT2D eigenvalue weighted by atomic mass is 10.1. The Bertz CT molecular complexity index is 285. The molecule has 1 aromatic carbocycles. The summed E-state index contributed by atoms with van der Waals surface area (Å²) in [5.41, 5.74) is 2.74. The van der Waals surface area contributed by atoms with Crippen molar-refractivity contribution >= 4 is 18.7 Å². The number of benzene rings is 1. The summed E-state index contributed by atoms with van der Waals surface area (Å²) in [4.78, 5) is 0. The minimum atomic E-state index is 0.922. The summed E-state index contributed by atoms with van der Waals surface area (Å²) in [7, 11) is 0. The van der Waals surface area contributed by atoms with Crippen LogP contribution < -0.4 is 0 Å². The van der Waals surface area contributed by atoms with Crippen molar-refractivity contribution in [3.63, 3.8) is 0 Å². The number of hydrogen-bond donors (Lipinski definition) is 1. The second-order valence-electron chi connectivity index (χ2n) is 3.76. The van der Waals surface area contributed by atoms with Gasteiger partial charge >= 0.3 is 0 Å². The Morgan fingerprint density at radius 3 is 2.53 bits per heavy atom. The molecule has 0 saturated heterocycles. The summed E-state index contributed by atoms with van der Waals surface area (Å²) in [5.74, 6) is 0.922. The molecule has 0 unspecified atom stereocenters. The molecule has 0 N–H and O–H groups in total. The van der Waals surface area contributed by atoms with Gasteiger partial charge in [0.2, 0.25) is 0 Å². The third-order valence-electron chi connectivity index (χ3n) is 2.40. The van der Waals surface area contributed by atoms with Gasteiger partial charge in [0.1, 0.15) is 0 Å². The molecular weight excluding hydrogens is 200 g/mol. The second-order valence-corrected chi connectivity index (χ2v) is 4.21. The molecular formula is C14H20S. The van der Waals surface area contributed by atoms with Crippen molar-refractivity contribution in [2.75, 3.05) is 5.75 Å². The normalized spacial score (nSPS) is 11.1. The van der Waals surface area contributed by atoms with E-state index in [0.717, 1.165) is 12.2 Å². The lowest BCUT2D eigenvalue weighted by molar-refractivity contribution is 0.795. The Morgan fingerprint density at radius 1 is 1.20 bits per heavy atom. The molecule has 0 radical (unpaired) electrons. The van der Waals surface area contributed by atoms with E-state index in [4.69, 9.17) is 0 Å². The minimum absolute atomic E-state index is 0.922. The van der Waals surface area contributed by atoms with Crippen molar-refractivity contribution < 1.29 is 0 Å². The zero-order chi connectivity index (χ0) is 10.9. The van der Waals surface area contributed by atoms with Crippen LogP contribution in [0.4, 0.5) is 0 Å². The maximum absolute atomic E-state index is 4.17. The SMILES string of the molecule is CCCCc1ccc(C=CCCS)cc1. The van der Waals surface area contributed by atoms with E-state index in [9.17, 15) is 0 Å². The minimum Gasteiger partial charge on any atom is -0.179 e. The first-order valence-electron chi connectivity index (χ1n) is 5.73. The van der Waals surface area contributed by atoms with E-state index >= 15 is 0 Å². The molecule has 1 heteroatoms. The average Bonchev–Trinajstić information content (AvgIpc) is 2.28. The predicted octanol–water partition coefficient (Wildman–Crippen LogP) is 4.36. The summed E-state index contributed by atoms with van der Waals surface area (Å²) in [6.07, 6.45) is 9.14. The van der Waals surface area contributed by atoms with E-state index < -0.39 is 0 Å². The lowest BCUT2D eigenvalue weighted by Crippen LogP contribution is -1.84. The quantitative estimate of drug-likeness (QED) is 0.676. The summed E-state index contributed by atoms with van der Waals surface area (Å²) >= 11 is 4.17. The highest BCUT2D eigenvalue weighted by molar-refractivity contribution is 7.80. The third-order valence-corrected chi connectivity index (χ3v) is 2.66. The van der Waals surface area contributed by atoms with Crippen molar-refractivity contribution in [2.45, 2.75) is 32.6 Å². The van der Waals surface area contributed by atoms with Gasteiger partial charge in [-0.1, -0.05) is 49.8 Å². The first-order valence-corrected chi connectivity index (χ1v) is 6.36. The Morgan fingerprint density at radius 2 is 1.93 bits per heavy atom. The fraction of sp³-hybridized carbons (Fsp3) is 0.429. The van der Waals surface area contributed by atoms with Gasteiger partial charge in [-0.15, -0.1) is 0 Å². The van der Waals surface area contributed by atoms with Crippen molar-refractivity contribution in [1.29, 1.82) is 0 Å². The van der Waals surface area contributed by atoms with Gasteiger partial charge in [0.15, 0.2) is 0 Å². The first kappa shape index (κ1) is 12.4. The molecule has 0 bridgehead atoms. The molecule has 0 spiro atoms. The Balaban J connectivity index is 2.48. The summed E-state index contributed by atoms with van der Waals surface area (Å²) < 4.78 is 0. The highest BCUT2D eigenvalue weighted by Crippen LogP contribution is 2.09. The number of rotatable bonds is 6. The number of hydrogen-bond acceptors (Lipinski definition) is 1. The number of aryl methyl sites for hydroxylation is 1. The van der Waals surface area contributed by atoms with Crippen molar-refractivity contribution in [3.05, 3.63) is 41.5 Å². The van der Waals surface area contributed by atoms with Crippen LogP contribution in [0.1, 0.15) is 37.3 Å². The van der Waals surface area contributed by atoms with Gasteiger partial charge in [-0.05, 0) is 36.1 Å². The summed E-state index contributed by atoms with van der Waals surface area (Å²) in [5, 5.41) is 0. The largest absolute Gasteiger partial charge is 0.179 e. The Labute approximate surface area is 98.8 Å². The van der Waals surface area contributed by atoms with Gasteiger partial charge in [-0.25, -0.2) is 0 Å². The van der Waals surface area contributed by atoms with E-state index in [2.05, 4.69) is 56.0 Å². The van der Waals surface area contributed by atoms with E-state index in [1.807, 2.05) is 0 Å². The van der Waals surface area contributed by atoms with Crippen LogP contribution in [0.25, 0.3) is 6.08 Å². The van der Waals surface area contributed by atoms with Gasteiger partial charge < -0.3 is 0 Å². The fourth-order valence-corrected chi connectivity index (χ4v) is 1.62. The maximum Gasteiger partial charge on any atom is -0.00632 e. The molecule has 0 aliphatic carbocycles. The molecule has 0 saturated carbocycles. The molecule has 0 aliphatic heterocycles. The van der Waals surface area contributed by atoms with E-state index in [1.54, 1.807) is 0 Å². The van der Waals surface area contributed by atoms with Gasteiger partial charge in [0, 0.05) is 0 Å². The second kappa shape index (κ2) is 7.58. The topological polar surface area (TPSA) is 0 Å².